The van der Waals surface area contributed by atoms with E-state index in [4.69, 9.17) is 16.3 Å². The molecule has 11 heteroatoms. The number of anilines is 1. The third kappa shape index (κ3) is 5.30. The van der Waals surface area contributed by atoms with E-state index in [1.165, 1.54) is 18.3 Å². The second kappa shape index (κ2) is 9.16. The minimum atomic E-state index is -3.29. The molecule has 1 unspecified atom stereocenters. The lowest BCUT2D eigenvalue weighted by atomic mass is 10.2. The number of rotatable bonds is 7. The molecule has 9 nitrogen and oxygen atoms in total. The molecule has 0 aliphatic carbocycles. The van der Waals surface area contributed by atoms with Crippen LogP contribution >= 0.6 is 19.2 Å². The summed E-state index contributed by atoms with van der Waals surface area (Å²) < 4.78 is 20.7. The first-order chi connectivity index (χ1) is 13.5. The van der Waals surface area contributed by atoms with Crippen LogP contribution in [0.4, 0.5) is 11.4 Å². The first-order valence-electron chi connectivity index (χ1n) is 8.48. The molecule has 0 amide bonds. The molecule has 0 spiro atoms. The van der Waals surface area contributed by atoms with Gasteiger partial charge >= 0.3 is 7.59 Å². The molecule has 0 saturated carbocycles. The van der Waals surface area contributed by atoms with Crippen molar-refractivity contribution in [1.29, 1.82) is 0 Å². The van der Waals surface area contributed by atoms with Gasteiger partial charge in [0, 0.05) is 35.9 Å². The van der Waals surface area contributed by atoms with Crippen LogP contribution in [0.2, 0.25) is 5.02 Å². The van der Waals surface area contributed by atoms with E-state index in [1.807, 2.05) is 0 Å². The van der Waals surface area contributed by atoms with Crippen molar-refractivity contribution >= 4 is 36.8 Å². The molecule has 1 aliphatic heterocycles. The second-order valence-corrected chi connectivity index (χ2v) is 8.55. The Bertz CT molecular complexity index is 885. The number of hydrogen-bond acceptors (Lipinski definition) is 5. The zero-order valence-corrected chi connectivity index (χ0v) is 16.5. The van der Waals surface area contributed by atoms with Gasteiger partial charge < -0.3 is 9.82 Å². The van der Waals surface area contributed by atoms with Crippen LogP contribution < -0.4 is 10.3 Å². The number of nitro groups is 1. The van der Waals surface area contributed by atoms with Crippen molar-refractivity contribution in [2.24, 2.45) is 5.10 Å². The summed E-state index contributed by atoms with van der Waals surface area (Å²) in [5, 5.41) is 21.1. The highest BCUT2D eigenvalue weighted by Crippen LogP contribution is 2.45. The van der Waals surface area contributed by atoms with Gasteiger partial charge in [-0.25, -0.2) is 9.87 Å². The summed E-state index contributed by atoms with van der Waals surface area (Å²) in [5.41, 5.74) is 1.27. The van der Waals surface area contributed by atoms with Crippen molar-refractivity contribution in [3.63, 3.8) is 0 Å². The van der Waals surface area contributed by atoms with Crippen molar-refractivity contribution in [2.45, 2.75) is 0 Å². The fourth-order valence-corrected chi connectivity index (χ4v) is 4.44. The summed E-state index contributed by atoms with van der Waals surface area (Å²) in [6, 6.07) is 12.8. The van der Waals surface area contributed by atoms with Gasteiger partial charge in [-0.2, -0.15) is 5.10 Å². The molecular weight excluding hydrogens is 405 g/mol. The first kappa shape index (κ1) is 20.3. The summed E-state index contributed by atoms with van der Waals surface area (Å²) in [5.74, 6) is 0. The topological polar surface area (TPSA) is 109 Å². The van der Waals surface area contributed by atoms with Crippen LogP contribution in [0, 0.1) is 10.1 Å². The van der Waals surface area contributed by atoms with Crippen LogP contribution in [0.25, 0.3) is 0 Å². The minimum absolute atomic E-state index is 0.00602. The molecule has 0 radical (unpaired) electrons. The van der Waals surface area contributed by atoms with Crippen LogP contribution in [0.1, 0.15) is 5.56 Å². The zero-order chi connectivity index (χ0) is 20.0. The highest BCUT2D eigenvalue weighted by atomic mass is 35.5. The summed E-state index contributed by atoms with van der Waals surface area (Å²) in [4.78, 5) is 10.2. The SMILES string of the molecule is O=[N+]([O-])c1ccc(/C=N/NP(=O)(Nc2ccc(Cl)cc2)N2CCOCC2)cc1. The number of ether oxygens (including phenoxy) is 1. The van der Waals surface area contributed by atoms with Gasteiger partial charge in [-0.15, -0.1) is 0 Å². The van der Waals surface area contributed by atoms with E-state index >= 15 is 0 Å². The monoisotopic (exact) mass is 423 g/mol. The lowest BCUT2D eigenvalue weighted by molar-refractivity contribution is -0.384. The lowest BCUT2D eigenvalue weighted by Gasteiger charge is -2.34. The third-order valence-corrected chi connectivity index (χ3v) is 6.42. The molecule has 2 N–H and O–H groups in total. The van der Waals surface area contributed by atoms with E-state index in [0.29, 0.717) is 42.6 Å². The Hall–Kier alpha value is -2.45. The number of hydrazone groups is 1. The molecule has 1 heterocycles. The van der Waals surface area contributed by atoms with Crippen LogP contribution in [0.3, 0.4) is 0 Å². The summed E-state index contributed by atoms with van der Waals surface area (Å²) in [7, 11) is -3.29. The Morgan fingerprint density at radius 2 is 1.79 bits per heavy atom. The lowest BCUT2D eigenvalue weighted by Crippen LogP contribution is -2.38. The predicted octanol–water partition coefficient (Wildman–Crippen LogP) is 3.72. The highest BCUT2D eigenvalue weighted by Gasteiger charge is 2.32. The fourth-order valence-electron chi connectivity index (χ4n) is 2.56. The average molecular weight is 424 g/mol. The van der Waals surface area contributed by atoms with Crippen molar-refractivity contribution in [2.75, 3.05) is 31.4 Å². The second-order valence-electron chi connectivity index (χ2n) is 5.97. The summed E-state index contributed by atoms with van der Waals surface area (Å²) in [6.45, 7) is 1.91. The van der Waals surface area contributed by atoms with Crippen molar-refractivity contribution in [3.05, 3.63) is 69.2 Å². The maximum Gasteiger partial charge on any atom is 0.346 e. The molecule has 2 aromatic rings. The van der Waals surface area contributed by atoms with Crippen LogP contribution in [-0.4, -0.2) is 42.1 Å². The number of non-ortho nitro benzene ring substituents is 1. The molecule has 0 bridgehead atoms. The van der Waals surface area contributed by atoms with E-state index < -0.39 is 12.5 Å². The van der Waals surface area contributed by atoms with Gasteiger partial charge in [0.05, 0.1) is 24.4 Å². The van der Waals surface area contributed by atoms with Gasteiger partial charge in [-0.1, -0.05) is 11.6 Å². The van der Waals surface area contributed by atoms with E-state index in [-0.39, 0.29) is 5.69 Å². The standard InChI is InChI=1S/C17H19ClN5O4P/c18-15-3-5-16(6-4-15)20-28(26,22-9-11-27-12-10-22)21-19-13-14-1-7-17(8-2-14)23(24)25/h1-8,13H,9-12H2,(H2,20,21,26)/b19-13+. The van der Waals surface area contributed by atoms with Crippen LogP contribution in [-0.2, 0) is 9.30 Å². The normalized spacial score (nSPS) is 17.2. The quantitative estimate of drug-likeness (QED) is 0.302. The van der Waals surface area contributed by atoms with E-state index in [0.717, 1.165) is 0 Å². The van der Waals surface area contributed by atoms with Crippen molar-refractivity contribution < 1.29 is 14.2 Å². The Morgan fingerprint density at radius 3 is 2.39 bits per heavy atom. The smallest absolute Gasteiger partial charge is 0.346 e. The van der Waals surface area contributed by atoms with E-state index in [1.54, 1.807) is 41.1 Å². The summed E-state index contributed by atoms with van der Waals surface area (Å²) >= 11 is 5.91. The molecular formula is C17H19ClN5O4P. The molecule has 3 rings (SSSR count). The van der Waals surface area contributed by atoms with Crippen molar-refractivity contribution in [1.82, 2.24) is 9.87 Å². The molecule has 1 atom stereocenters. The van der Waals surface area contributed by atoms with Gasteiger partial charge in [-0.05, 0) is 42.0 Å². The minimum Gasteiger partial charge on any atom is -0.379 e. The number of nitrogens with one attached hydrogen (secondary N) is 2. The zero-order valence-electron chi connectivity index (χ0n) is 14.8. The van der Waals surface area contributed by atoms with Gasteiger partial charge in [0.2, 0.25) is 0 Å². The highest BCUT2D eigenvalue weighted by molar-refractivity contribution is 7.61. The first-order valence-corrected chi connectivity index (χ1v) is 10.5. The van der Waals surface area contributed by atoms with Crippen LogP contribution in [0.15, 0.2) is 53.6 Å². The Kier molecular flexibility index (Phi) is 6.64. The van der Waals surface area contributed by atoms with E-state index in [9.17, 15) is 14.7 Å². The number of nitro benzene ring substituents is 1. The summed E-state index contributed by atoms with van der Waals surface area (Å²) in [6.07, 6.45) is 1.46. The van der Waals surface area contributed by atoms with E-state index in [2.05, 4.69) is 15.4 Å². The Balaban J connectivity index is 1.75. The van der Waals surface area contributed by atoms with Gasteiger partial charge in [-0.3, -0.25) is 14.7 Å². The fraction of sp³-hybridized carbons (Fsp3) is 0.235. The molecule has 28 heavy (non-hydrogen) atoms. The molecule has 1 aliphatic rings. The molecule has 148 valence electrons. The average Bonchev–Trinajstić information content (AvgIpc) is 2.71. The molecule has 1 saturated heterocycles. The number of hydrogen-bond donors (Lipinski definition) is 2. The number of benzene rings is 2. The maximum atomic E-state index is 13.6. The number of halogens is 1. The largest absolute Gasteiger partial charge is 0.379 e. The van der Waals surface area contributed by atoms with Gasteiger partial charge in [0.15, 0.2) is 0 Å². The van der Waals surface area contributed by atoms with Gasteiger partial charge in [0.25, 0.3) is 5.69 Å². The molecule has 0 aromatic heterocycles. The number of morpholine rings is 1. The van der Waals surface area contributed by atoms with Gasteiger partial charge in [0.1, 0.15) is 0 Å². The Labute approximate surface area is 167 Å². The third-order valence-electron chi connectivity index (χ3n) is 4.02. The predicted molar refractivity (Wildman–Crippen MR) is 109 cm³/mol. The molecule has 2 aromatic carbocycles. The van der Waals surface area contributed by atoms with Crippen LogP contribution in [0.5, 0.6) is 0 Å². The van der Waals surface area contributed by atoms with Crippen molar-refractivity contribution in [3.8, 4) is 0 Å². The Morgan fingerprint density at radius 1 is 1.14 bits per heavy atom. The number of nitrogens with zero attached hydrogens (tertiary/aromatic N) is 3. The maximum absolute atomic E-state index is 13.6. The molecule has 1 fully saturated rings.